The molecule has 0 fully saturated rings. The average Bonchev–Trinajstić information content (AvgIpc) is 2.27. The molecule has 4 heteroatoms. The summed E-state index contributed by atoms with van der Waals surface area (Å²) in [5.74, 6) is -0.530. The summed E-state index contributed by atoms with van der Waals surface area (Å²) in [5, 5.41) is 0. The van der Waals surface area contributed by atoms with Gasteiger partial charge >= 0.3 is 0 Å². The number of rotatable bonds is 4. The van der Waals surface area contributed by atoms with E-state index in [9.17, 15) is 9.18 Å². The van der Waals surface area contributed by atoms with Crippen molar-refractivity contribution in [2.45, 2.75) is 13.3 Å². The van der Waals surface area contributed by atoms with Crippen LogP contribution in [0.15, 0.2) is 24.3 Å². The van der Waals surface area contributed by atoms with E-state index in [1.54, 1.807) is 19.2 Å². The molecule has 0 heterocycles. The van der Waals surface area contributed by atoms with Crippen molar-refractivity contribution in [1.82, 2.24) is 0 Å². The van der Waals surface area contributed by atoms with Crippen LogP contribution >= 0.6 is 0 Å². The number of anilines is 1. The second-order valence-corrected chi connectivity index (χ2v) is 3.86. The molecule has 0 saturated heterocycles. The van der Waals surface area contributed by atoms with Crippen LogP contribution in [-0.4, -0.2) is 19.5 Å². The van der Waals surface area contributed by atoms with E-state index in [-0.39, 0.29) is 17.6 Å². The third-order valence-electron chi connectivity index (χ3n) is 2.55. The number of nitrogens with zero attached hydrogens (tertiary/aromatic N) is 1. The molecule has 0 bridgehead atoms. The van der Waals surface area contributed by atoms with Gasteiger partial charge in [-0.3, -0.25) is 4.79 Å². The van der Waals surface area contributed by atoms with Crippen LogP contribution in [0.1, 0.15) is 13.3 Å². The van der Waals surface area contributed by atoms with Gasteiger partial charge in [0.2, 0.25) is 5.91 Å². The second-order valence-electron chi connectivity index (χ2n) is 3.86. The molecular weight excluding hydrogens is 207 g/mol. The van der Waals surface area contributed by atoms with E-state index in [0.717, 1.165) is 0 Å². The van der Waals surface area contributed by atoms with Gasteiger partial charge in [-0.25, -0.2) is 4.39 Å². The Morgan fingerprint density at radius 2 is 2.25 bits per heavy atom. The summed E-state index contributed by atoms with van der Waals surface area (Å²) in [6.45, 7) is 2.30. The molecule has 1 amide bonds. The van der Waals surface area contributed by atoms with Gasteiger partial charge in [0, 0.05) is 18.7 Å². The number of benzene rings is 1. The third-order valence-corrected chi connectivity index (χ3v) is 2.55. The van der Waals surface area contributed by atoms with Crippen molar-refractivity contribution in [3.05, 3.63) is 30.1 Å². The molecule has 0 aliphatic carbocycles. The van der Waals surface area contributed by atoms with Gasteiger partial charge in [0.15, 0.2) is 0 Å². The lowest BCUT2D eigenvalue weighted by Gasteiger charge is -2.21. The first-order valence-electron chi connectivity index (χ1n) is 5.29. The number of carbonyl (C=O) groups excluding carboxylic acids is 1. The fraction of sp³-hybridized carbons (Fsp3) is 0.417. The highest BCUT2D eigenvalue weighted by Gasteiger charge is 2.17. The van der Waals surface area contributed by atoms with Gasteiger partial charge in [0.25, 0.3) is 0 Å². The molecule has 88 valence electrons. The Morgan fingerprint density at radius 3 is 2.81 bits per heavy atom. The van der Waals surface area contributed by atoms with E-state index in [1.807, 2.05) is 6.92 Å². The quantitative estimate of drug-likeness (QED) is 0.847. The largest absolute Gasteiger partial charge is 0.330 e. The minimum absolute atomic E-state index is 0.0453. The van der Waals surface area contributed by atoms with Crippen LogP contribution in [0.3, 0.4) is 0 Å². The van der Waals surface area contributed by atoms with Gasteiger partial charge in [0.1, 0.15) is 5.82 Å². The second kappa shape index (κ2) is 5.61. The highest BCUT2D eigenvalue weighted by atomic mass is 19.1. The maximum atomic E-state index is 13.0. The van der Waals surface area contributed by atoms with Crippen molar-refractivity contribution in [3.63, 3.8) is 0 Å². The summed E-state index contributed by atoms with van der Waals surface area (Å²) in [6.07, 6.45) is 0.637. The number of hydrogen-bond donors (Lipinski definition) is 1. The fourth-order valence-corrected chi connectivity index (χ4v) is 1.52. The summed E-state index contributed by atoms with van der Waals surface area (Å²) in [6, 6.07) is 5.98. The first kappa shape index (κ1) is 12.6. The lowest BCUT2D eigenvalue weighted by atomic mass is 10.1. The molecule has 0 aliphatic rings. The van der Waals surface area contributed by atoms with Crippen LogP contribution in [0.4, 0.5) is 10.1 Å². The van der Waals surface area contributed by atoms with E-state index in [0.29, 0.717) is 18.7 Å². The zero-order chi connectivity index (χ0) is 12.1. The van der Waals surface area contributed by atoms with E-state index in [4.69, 9.17) is 5.73 Å². The normalized spacial score (nSPS) is 12.2. The molecule has 2 N–H and O–H groups in total. The SMILES string of the molecule is CC(CCN)C(=O)N(C)c1cccc(F)c1. The standard InChI is InChI=1S/C12H17FN2O/c1-9(6-7-14)12(16)15(2)11-5-3-4-10(13)8-11/h3-5,8-9H,6-7,14H2,1-2H3. The number of halogens is 1. The molecule has 0 aromatic heterocycles. The van der Waals surface area contributed by atoms with Crippen molar-refractivity contribution in [3.8, 4) is 0 Å². The minimum Gasteiger partial charge on any atom is -0.330 e. The maximum absolute atomic E-state index is 13.0. The summed E-state index contributed by atoms with van der Waals surface area (Å²) < 4.78 is 13.0. The molecule has 1 unspecified atom stereocenters. The Balaban J connectivity index is 2.77. The highest BCUT2D eigenvalue weighted by Crippen LogP contribution is 2.17. The Labute approximate surface area is 95.0 Å². The maximum Gasteiger partial charge on any atom is 0.229 e. The Morgan fingerprint density at radius 1 is 1.56 bits per heavy atom. The van der Waals surface area contributed by atoms with Gasteiger partial charge in [-0.15, -0.1) is 0 Å². The predicted molar refractivity (Wildman–Crippen MR) is 62.6 cm³/mol. The number of hydrogen-bond acceptors (Lipinski definition) is 2. The van der Waals surface area contributed by atoms with E-state index in [1.165, 1.54) is 17.0 Å². The van der Waals surface area contributed by atoms with E-state index >= 15 is 0 Å². The lowest BCUT2D eigenvalue weighted by molar-refractivity contribution is -0.121. The summed E-state index contributed by atoms with van der Waals surface area (Å²) in [4.78, 5) is 13.4. The van der Waals surface area contributed by atoms with Crippen LogP contribution in [0.25, 0.3) is 0 Å². The molecule has 0 radical (unpaired) electrons. The van der Waals surface area contributed by atoms with Gasteiger partial charge in [-0.1, -0.05) is 13.0 Å². The molecule has 0 spiro atoms. The zero-order valence-corrected chi connectivity index (χ0v) is 9.61. The molecule has 1 aromatic carbocycles. The summed E-state index contributed by atoms with van der Waals surface area (Å²) >= 11 is 0. The molecule has 16 heavy (non-hydrogen) atoms. The van der Waals surface area contributed by atoms with Crippen molar-refractivity contribution in [2.24, 2.45) is 11.7 Å². The Bertz CT molecular complexity index is 368. The number of nitrogens with two attached hydrogens (primary N) is 1. The van der Waals surface area contributed by atoms with Crippen LogP contribution in [-0.2, 0) is 4.79 Å². The van der Waals surface area contributed by atoms with Crippen LogP contribution in [0.2, 0.25) is 0 Å². The van der Waals surface area contributed by atoms with Crippen molar-refractivity contribution < 1.29 is 9.18 Å². The van der Waals surface area contributed by atoms with Crippen LogP contribution in [0, 0.1) is 11.7 Å². The zero-order valence-electron chi connectivity index (χ0n) is 9.61. The number of carbonyl (C=O) groups is 1. The molecule has 0 aliphatic heterocycles. The van der Waals surface area contributed by atoms with Crippen LogP contribution < -0.4 is 10.6 Å². The van der Waals surface area contributed by atoms with Crippen molar-refractivity contribution >= 4 is 11.6 Å². The Hall–Kier alpha value is -1.42. The van der Waals surface area contributed by atoms with Gasteiger partial charge in [-0.05, 0) is 31.2 Å². The summed E-state index contributed by atoms with van der Waals surface area (Å²) in [5.41, 5.74) is 5.96. The highest BCUT2D eigenvalue weighted by molar-refractivity contribution is 5.94. The topological polar surface area (TPSA) is 46.3 Å². The lowest BCUT2D eigenvalue weighted by Crippen LogP contribution is -2.32. The molecule has 3 nitrogen and oxygen atoms in total. The monoisotopic (exact) mass is 224 g/mol. The van der Waals surface area contributed by atoms with Crippen molar-refractivity contribution in [2.75, 3.05) is 18.5 Å². The van der Waals surface area contributed by atoms with Crippen molar-refractivity contribution in [1.29, 1.82) is 0 Å². The molecule has 1 rings (SSSR count). The van der Waals surface area contributed by atoms with Crippen LogP contribution in [0.5, 0.6) is 0 Å². The Kier molecular flexibility index (Phi) is 4.43. The van der Waals surface area contributed by atoms with Gasteiger partial charge < -0.3 is 10.6 Å². The fourth-order valence-electron chi connectivity index (χ4n) is 1.52. The smallest absolute Gasteiger partial charge is 0.229 e. The van der Waals surface area contributed by atoms with E-state index in [2.05, 4.69) is 0 Å². The predicted octanol–water partition coefficient (Wildman–Crippen LogP) is 1.77. The molecular formula is C12H17FN2O. The third kappa shape index (κ3) is 3.03. The first-order chi connectivity index (χ1) is 7.56. The van der Waals surface area contributed by atoms with Gasteiger partial charge in [0.05, 0.1) is 0 Å². The minimum atomic E-state index is -0.344. The number of amides is 1. The molecule has 1 aromatic rings. The molecule has 0 saturated carbocycles. The van der Waals surface area contributed by atoms with E-state index < -0.39 is 0 Å². The first-order valence-corrected chi connectivity index (χ1v) is 5.29. The average molecular weight is 224 g/mol. The van der Waals surface area contributed by atoms with Gasteiger partial charge in [-0.2, -0.15) is 0 Å². The summed E-state index contributed by atoms with van der Waals surface area (Å²) in [7, 11) is 1.64. The molecule has 1 atom stereocenters.